The molecule has 0 spiro atoms. The summed E-state index contributed by atoms with van der Waals surface area (Å²) < 4.78 is 0. The molecule has 0 aliphatic heterocycles. The highest BCUT2D eigenvalue weighted by Gasteiger charge is 2.01. The fraction of sp³-hybridized carbons (Fsp3) is 0.235. The summed E-state index contributed by atoms with van der Waals surface area (Å²) in [5.74, 6) is 0.104. The van der Waals surface area contributed by atoms with Gasteiger partial charge in [-0.2, -0.15) is 0 Å². The second kappa shape index (κ2) is 7.44. The van der Waals surface area contributed by atoms with Crippen LogP contribution in [0.4, 0.5) is 0 Å². The van der Waals surface area contributed by atoms with Gasteiger partial charge in [0.15, 0.2) is 5.78 Å². The third-order valence-corrected chi connectivity index (χ3v) is 2.38. The number of hydrogen-bond donors (Lipinski definition) is 0. The lowest BCUT2D eigenvalue weighted by atomic mass is 10.0. The van der Waals surface area contributed by atoms with Gasteiger partial charge in [0.25, 0.3) is 0 Å². The van der Waals surface area contributed by atoms with Crippen LogP contribution in [0.15, 0.2) is 54.6 Å². The van der Waals surface area contributed by atoms with Crippen molar-refractivity contribution in [3.63, 3.8) is 0 Å². The van der Waals surface area contributed by atoms with Crippen molar-refractivity contribution >= 4 is 5.78 Å². The van der Waals surface area contributed by atoms with Gasteiger partial charge in [-0.05, 0) is 24.1 Å². The van der Waals surface area contributed by atoms with Crippen LogP contribution in [0.3, 0.4) is 0 Å². The van der Waals surface area contributed by atoms with E-state index in [1.807, 2.05) is 54.6 Å². The highest BCUT2D eigenvalue weighted by Crippen LogP contribution is 2.19. The number of Topliss-reactive ketones (excluding diaryl/α,β-unsaturated/α-hetero) is 1. The molecular weight excluding hydrogens is 220 g/mol. The molecule has 1 heteroatoms. The second-order valence-corrected chi connectivity index (χ2v) is 4.21. The fourth-order valence-electron chi connectivity index (χ4n) is 1.55. The predicted octanol–water partition coefficient (Wildman–Crippen LogP) is 4.97. The number of carbonyl (C=O) groups excluding carboxylic acids is 1. The zero-order chi connectivity index (χ0) is 13.4. The van der Waals surface area contributed by atoms with Gasteiger partial charge in [0.2, 0.25) is 0 Å². The van der Waals surface area contributed by atoms with E-state index in [0.717, 1.165) is 16.7 Å². The summed E-state index contributed by atoms with van der Waals surface area (Å²) in [7, 11) is 0. The van der Waals surface area contributed by atoms with Crippen molar-refractivity contribution in [3.05, 3.63) is 60.2 Å². The lowest BCUT2D eigenvalue weighted by Gasteiger charge is -2.02. The summed E-state index contributed by atoms with van der Waals surface area (Å²) in [4.78, 5) is 11.2. The van der Waals surface area contributed by atoms with Gasteiger partial charge in [0, 0.05) is 5.56 Å². The average Bonchev–Trinajstić information content (AvgIpc) is 2.41. The van der Waals surface area contributed by atoms with E-state index in [0.29, 0.717) is 0 Å². The van der Waals surface area contributed by atoms with Crippen LogP contribution in [0.1, 0.15) is 37.6 Å². The average molecular weight is 240 g/mol. The predicted molar refractivity (Wildman–Crippen MR) is 77.8 cm³/mol. The van der Waals surface area contributed by atoms with Crippen molar-refractivity contribution < 1.29 is 4.79 Å². The molecule has 18 heavy (non-hydrogen) atoms. The van der Waals surface area contributed by atoms with E-state index in [-0.39, 0.29) is 5.78 Å². The fourth-order valence-corrected chi connectivity index (χ4v) is 1.55. The number of hydrogen-bond acceptors (Lipinski definition) is 1. The maximum Gasteiger partial charge on any atom is 0.159 e. The van der Waals surface area contributed by atoms with Crippen LogP contribution in [0.25, 0.3) is 11.1 Å². The van der Waals surface area contributed by atoms with Crippen molar-refractivity contribution in [2.75, 3.05) is 0 Å². The summed E-state index contributed by atoms with van der Waals surface area (Å²) in [5, 5.41) is 0. The molecule has 0 heterocycles. The molecule has 0 aliphatic carbocycles. The maximum atomic E-state index is 11.2. The molecule has 0 saturated heterocycles. The molecular formula is C17H20O. The van der Waals surface area contributed by atoms with Crippen molar-refractivity contribution in [3.8, 4) is 11.1 Å². The minimum Gasteiger partial charge on any atom is -0.295 e. The number of benzene rings is 2. The summed E-state index contributed by atoms with van der Waals surface area (Å²) >= 11 is 0. The first-order valence-corrected chi connectivity index (χ1v) is 6.35. The van der Waals surface area contributed by atoms with E-state index in [9.17, 15) is 4.79 Å². The molecule has 2 aromatic rings. The molecule has 2 rings (SSSR count). The summed E-state index contributed by atoms with van der Waals surface area (Å²) in [5.41, 5.74) is 2.99. The smallest absolute Gasteiger partial charge is 0.159 e. The van der Waals surface area contributed by atoms with Crippen molar-refractivity contribution in [2.45, 2.75) is 27.2 Å². The van der Waals surface area contributed by atoms with E-state index < -0.39 is 0 Å². The zero-order valence-corrected chi connectivity index (χ0v) is 11.3. The molecule has 0 fully saturated rings. The molecule has 2 aromatic carbocycles. The maximum absolute atomic E-state index is 11.2. The topological polar surface area (TPSA) is 17.1 Å². The Kier molecular flexibility index (Phi) is 5.86. The Bertz CT molecular complexity index is 486. The lowest BCUT2D eigenvalue weighted by molar-refractivity contribution is 0.101. The molecule has 0 aromatic heterocycles. The largest absolute Gasteiger partial charge is 0.295 e. The van der Waals surface area contributed by atoms with Crippen molar-refractivity contribution in [1.29, 1.82) is 0 Å². The van der Waals surface area contributed by atoms with Crippen LogP contribution in [-0.4, -0.2) is 5.78 Å². The second-order valence-electron chi connectivity index (χ2n) is 4.21. The molecule has 0 amide bonds. The zero-order valence-electron chi connectivity index (χ0n) is 11.3. The van der Waals surface area contributed by atoms with Crippen molar-refractivity contribution in [2.24, 2.45) is 0 Å². The number of rotatable bonds is 2. The van der Waals surface area contributed by atoms with Gasteiger partial charge in [-0.1, -0.05) is 68.8 Å². The standard InChI is InChI=1S/C14H12O.C3H8/c1-11(15)13-8-5-9-14(10-13)12-6-3-2-4-7-12;1-3-2/h2-10H,1H3;3H2,1-2H3. The summed E-state index contributed by atoms with van der Waals surface area (Å²) in [6, 6.07) is 17.8. The molecule has 0 unspecified atom stereocenters. The first-order chi connectivity index (χ1) is 8.69. The van der Waals surface area contributed by atoms with Gasteiger partial charge >= 0.3 is 0 Å². The van der Waals surface area contributed by atoms with Gasteiger partial charge in [-0.15, -0.1) is 0 Å². The minimum atomic E-state index is 0.104. The highest BCUT2D eigenvalue weighted by molar-refractivity contribution is 5.95. The quantitative estimate of drug-likeness (QED) is 0.677. The monoisotopic (exact) mass is 240 g/mol. The molecule has 94 valence electrons. The van der Waals surface area contributed by atoms with Crippen LogP contribution in [0, 0.1) is 0 Å². The number of carbonyl (C=O) groups is 1. The first-order valence-electron chi connectivity index (χ1n) is 6.35. The molecule has 0 saturated carbocycles. The van der Waals surface area contributed by atoms with Gasteiger partial charge in [0.05, 0.1) is 0 Å². The Balaban J connectivity index is 0.000000492. The summed E-state index contributed by atoms with van der Waals surface area (Å²) in [6.07, 6.45) is 1.25. The van der Waals surface area contributed by atoms with Crippen LogP contribution in [0.5, 0.6) is 0 Å². The van der Waals surface area contributed by atoms with E-state index in [4.69, 9.17) is 0 Å². The van der Waals surface area contributed by atoms with E-state index >= 15 is 0 Å². The van der Waals surface area contributed by atoms with Gasteiger partial charge in [-0.25, -0.2) is 0 Å². The van der Waals surface area contributed by atoms with Gasteiger partial charge < -0.3 is 0 Å². The molecule has 0 radical (unpaired) electrons. The Labute approximate surface area is 109 Å². The summed E-state index contributed by atoms with van der Waals surface area (Å²) in [6.45, 7) is 5.84. The SMILES string of the molecule is CC(=O)c1cccc(-c2ccccc2)c1.CCC. The number of ketones is 1. The lowest BCUT2D eigenvalue weighted by Crippen LogP contribution is -1.91. The van der Waals surface area contributed by atoms with E-state index in [1.54, 1.807) is 6.92 Å². The minimum absolute atomic E-state index is 0.104. The Morgan fingerprint density at radius 3 is 2.00 bits per heavy atom. The molecule has 0 bridgehead atoms. The van der Waals surface area contributed by atoms with Crippen LogP contribution >= 0.6 is 0 Å². The normalized spacial score (nSPS) is 9.28. The highest BCUT2D eigenvalue weighted by atomic mass is 16.1. The van der Waals surface area contributed by atoms with Gasteiger partial charge in [0.1, 0.15) is 0 Å². The Morgan fingerprint density at radius 1 is 0.889 bits per heavy atom. The third-order valence-electron chi connectivity index (χ3n) is 2.38. The molecule has 1 nitrogen and oxygen atoms in total. The Hall–Kier alpha value is -1.89. The van der Waals surface area contributed by atoms with E-state index in [2.05, 4.69) is 13.8 Å². The van der Waals surface area contributed by atoms with Crippen molar-refractivity contribution in [1.82, 2.24) is 0 Å². The molecule has 0 aliphatic rings. The first kappa shape index (κ1) is 14.2. The molecule has 0 atom stereocenters. The Morgan fingerprint density at radius 2 is 1.44 bits per heavy atom. The molecule has 0 N–H and O–H groups in total. The third kappa shape index (κ3) is 4.17. The van der Waals surface area contributed by atoms with Crippen LogP contribution in [-0.2, 0) is 0 Å². The van der Waals surface area contributed by atoms with Gasteiger partial charge in [-0.3, -0.25) is 4.79 Å². The van der Waals surface area contributed by atoms with E-state index in [1.165, 1.54) is 6.42 Å². The van der Waals surface area contributed by atoms with Crippen LogP contribution in [0.2, 0.25) is 0 Å². The van der Waals surface area contributed by atoms with Crippen LogP contribution < -0.4 is 0 Å².